The smallest absolute Gasteiger partial charge is 0.305 e. The van der Waals surface area contributed by atoms with E-state index < -0.39 is 24.3 Å². The fourth-order valence-corrected chi connectivity index (χ4v) is 1.47. The second-order valence-corrected chi connectivity index (χ2v) is 3.80. The van der Waals surface area contributed by atoms with Crippen molar-refractivity contribution in [2.45, 2.75) is 12.5 Å². The molecule has 0 spiro atoms. The molecule has 0 heterocycles. The highest BCUT2D eigenvalue weighted by Crippen LogP contribution is 2.20. The molecule has 1 aromatic carbocycles. The maximum Gasteiger partial charge on any atom is 0.305 e. The number of aliphatic carboxylic acids is 1. The molecule has 1 atom stereocenters. The third-order valence-corrected chi connectivity index (χ3v) is 2.48. The van der Waals surface area contributed by atoms with Gasteiger partial charge >= 0.3 is 5.97 Å². The Morgan fingerprint density at radius 3 is 2.72 bits per heavy atom. The SMILES string of the molecule is COc1cccc(N(C)C(=O)C(N)CC(=O)O)c1. The first-order valence-electron chi connectivity index (χ1n) is 5.34. The molecule has 0 bridgehead atoms. The lowest BCUT2D eigenvalue weighted by Crippen LogP contribution is -2.43. The molecule has 18 heavy (non-hydrogen) atoms. The van der Waals surface area contributed by atoms with E-state index in [1.54, 1.807) is 31.3 Å². The van der Waals surface area contributed by atoms with E-state index in [1.165, 1.54) is 12.0 Å². The van der Waals surface area contributed by atoms with Crippen LogP contribution in [0.15, 0.2) is 24.3 Å². The topological polar surface area (TPSA) is 92.9 Å². The molecule has 0 saturated heterocycles. The van der Waals surface area contributed by atoms with Gasteiger partial charge in [-0.3, -0.25) is 9.59 Å². The summed E-state index contributed by atoms with van der Waals surface area (Å²) in [6, 6.07) is 5.82. The van der Waals surface area contributed by atoms with Crippen LogP contribution in [0.4, 0.5) is 5.69 Å². The lowest BCUT2D eigenvalue weighted by atomic mass is 10.2. The molecule has 1 amide bonds. The quantitative estimate of drug-likeness (QED) is 0.794. The number of hydrogen-bond donors (Lipinski definition) is 2. The van der Waals surface area contributed by atoms with Gasteiger partial charge in [-0.15, -0.1) is 0 Å². The van der Waals surface area contributed by atoms with Crippen molar-refractivity contribution in [1.82, 2.24) is 0 Å². The monoisotopic (exact) mass is 252 g/mol. The number of amides is 1. The van der Waals surface area contributed by atoms with Crippen molar-refractivity contribution in [1.29, 1.82) is 0 Å². The van der Waals surface area contributed by atoms with Gasteiger partial charge < -0.3 is 20.5 Å². The standard InChI is InChI=1S/C12H16N2O4/c1-14(12(17)10(13)7-11(15)16)8-4-3-5-9(6-8)18-2/h3-6,10H,7,13H2,1-2H3,(H,15,16). The summed E-state index contributed by atoms with van der Waals surface area (Å²) in [6.07, 6.45) is -0.396. The summed E-state index contributed by atoms with van der Waals surface area (Å²) >= 11 is 0. The molecule has 0 aliphatic carbocycles. The molecule has 0 saturated carbocycles. The maximum atomic E-state index is 11.9. The van der Waals surface area contributed by atoms with Gasteiger partial charge in [0.1, 0.15) is 5.75 Å². The Balaban J connectivity index is 2.82. The number of carbonyl (C=O) groups is 2. The van der Waals surface area contributed by atoms with Crippen LogP contribution in [0.3, 0.4) is 0 Å². The Morgan fingerprint density at radius 2 is 2.17 bits per heavy atom. The van der Waals surface area contributed by atoms with E-state index in [4.69, 9.17) is 15.6 Å². The van der Waals surface area contributed by atoms with Gasteiger partial charge in [0.25, 0.3) is 0 Å². The normalized spacial score (nSPS) is 11.7. The zero-order chi connectivity index (χ0) is 13.7. The van der Waals surface area contributed by atoms with Gasteiger partial charge in [-0.1, -0.05) is 6.07 Å². The molecule has 98 valence electrons. The van der Waals surface area contributed by atoms with Crippen molar-refractivity contribution in [3.8, 4) is 5.75 Å². The van der Waals surface area contributed by atoms with Gasteiger partial charge in [-0.25, -0.2) is 0 Å². The Bertz CT molecular complexity index is 447. The van der Waals surface area contributed by atoms with Crippen LogP contribution >= 0.6 is 0 Å². The molecular formula is C12H16N2O4. The molecule has 6 heteroatoms. The molecule has 0 fully saturated rings. The largest absolute Gasteiger partial charge is 0.497 e. The molecule has 0 aliphatic heterocycles. The number of carboxylic acid groups (broad SMARTS) is 1. The molecule has 3 N–H and O–H groups in total. The number of methoxy groups -OCH3 is 1. The lowest BCUT2D eigenvalue weighted by molar-refractivity contribution is -0.139. The fourth-order valence-electron chi connectivity index (χ4n) is 1.47. The minimum atomic E-state index is -1.10. The summed E-state index contributed by atoms with van der Waals surface area (Å²) in [7, 11) is 3.07. The van der Waals surface area contributed by atoms with Crippen molar-refractivity contribution >= 4 is 17.6 Å². The van der Waals surface area contributed by atoms with Crippen molar-refractivity contribution in [3.63, 3.8) is 0 Å². The van der Waals surface area contributed by atoms with Crippen LogP contribution in [0.5, 0.6) is 5.75 Å². The Kier molecular flexibility index (Phi) is 4.67. The van der Waals surface area contributed by atoms with Crippen LogP contribution < -0.4 is 15.4 Å². The summed E-state index contributed by atoms with van der Waals surface area (Å²) < 4.78 is 5.05. The van der Waals surface area contributed by atoms with Crippen molar-refractivity contribution < 1.29 is 19.4 Å². The first kappa shape index (κ1) is 14.0. The number of nitrogens with zero attached hydrogens (tertiary/aromatic N) is 1. The summed E-state index contributed by atoms with van der Waals surface area (Å²) in [5.41, 5.74) is 6.12. The first-order chi connectivity index (χ1) is 8.45. The Hall–Kier alpha value is -2.08. The van der Waals surface area contributed by atoms with Crippen LogP contribution in [0.2, 0.25) is 0 Å². The van der Waals surface area contributed by atoms with E-state index in [1.807, 2.05) is 0 Å². The summed E-state index contributed by atoms with van der Waals surface area (Å²) in [5.74, 6) is -0.945. The zero-order valence-electron chi connectivity index (χ0n) is 10.3. The summed E-state index contributed by atoms with van der Waals surface area (Å²) in [6.45, 7) is 0. The van der Waals surface area contributed by atoms with Crippen LogP contribution in [-0.4, -0.2) is 37.2 Å². The third kappa shape index (κ3) is 3.46. The Labute approximate surface area is 105 Å². The highest BCUT2D eigenvalue weighted by molar-refractivity contribution is 5.98. The highest BCUT2D eigenvalue weighted by atomic mass is 16.5. The molecule has 1 unspecified atom stereocenters. The van der Waals surface area contributed by atoms with Gasteiger partial charge in [0, 0.05) is 18.8 Å². The van der Waals surface area contributed by atoms with E-state index in [-0.39, 0.29) is 0 Å². The number of anilines is 1. The second kappa shape index (κ2) is 6.02. The van der Waals surface area contributed by atoms with Gasteiger partial charge in [0.05, 0.1) is 19.6 Å². The molecule has 0 radical (unpaired) electrons. The third-order valence-electron chi connectivity index (χ3n) is 2.48. The number of likely N-dealkylation sites (N-methyl/N-ethyl adjacent to an activating group) is 1. The number of ether oxygens (including phenoxy) is 1. The van der Waals surface area contributed by atoms with Crippen molar-refractivity contribution in [3.05, 3.63) is 24.3 Å². The minimum Gasteiger partial charge on any atom is -0.497 e. The zero-order valence-corrected chi connectivity index (χ0v) is 10.3. The van der Waals surface area contributed by atoms with Gasteiger partial charge in [0.15, 0.2) is 0 Å². The van der Waals surface area contributed by atoms with E-state index in [2.05, 4.69) is 0 Å². The molecule has 0 aliphatic rings. The molecule has 1 aromatic rings. The molecule has 6 nitrogen and oxygen atoms in total. The highest BCUT2D eigenvalue weighted by Gasteiger charge is 2.21. The Morgan fingerprint density at radius 1 is 1.50 bits per heavy atom. The van der Waals surface area contributed by atoms with Crippen LogP contribution in [-0.2, 0) is 9.59 Å². The second-order valence-electron chi connectivity index (χ2n) is 3.80. The van der Waals surface area contributed by atoms with Crippen LogP contribution in [0.25, 0.3) is 0 Å². The van der Waals surface area contributed by atoms with Crippen LogP contribution in [0.1, 0.15) is 6.42 Å². The fraction of sp³-hybridized carbons (Fsp3) is 0.333. The van der Waals surface area contributed by atoms with Crippen molar-refractivity contribution in [2.75, 3.05) is 19.1 Å². The van der Waals surface area contributed by atoms with Crippen LogP contribution in [0, 0.1) is 0 Å². The number of hydrogen-bond acceptors (Lipinski definition) is 4. The van der Waals surface area contributed by atoms with E-state index in [9.17, 15) is 9.59 Å². The first-order valence-corrected chi connectivity index (χ1v) is 5.34. The minimum absolute atomic E-state index is 0.396. The predicted molar refractivity (Wildman–Crippen MR) is 66.6 cm³/mol. The number of benzene rings is 1. The van der Waals surface area contributed by atoms with E-state index >= 15 is 0 Å². The van der Waals surface area contributed by atoms with Gasteiger partial charge in [0.2, 0.25) is 5.91 Å². The average Bonchev–Trinajstić information content (AvgIpc) is 2.36. The number of nitrogens with two attached hydrogens (primary N) is 1. The lowest BCUT2D eigenvalue weighted by Gasteiger charge is -2.21. The summed E-state index contributed by atoms with van der Waals surface area (Å²) in [5, 5.41) is 8.60. The van der Waals surface area contributed by atoms with Gasteiger partial charge in [-0.05, 0) is 12.1 Å². The summed E-state index contributed by atoms with van der Waals surface area (Å²) in [4.78, 5) is 23.7. The molecule has 0 aromatic heterocycles. The maximum absolute atomic E-state index is 11.9. The van der Waals surface area contributed by atoms with Crippen molar-refractivity contribution in [2.24, 2.45) is 5.73 Å². The number of carbonyl (C=O) groups excluding carboxylic acids is 1. The number of carboxylic acids is 1. The molecular weight excluding hydrogens is 236 g/mol. The number of rotatable bonds is 5. The predicted octanol–water partition coefficient (Wildman–Crippen LogP) is 0.460. The van der Waals surface area contributed by atoms with E-state index in [0.29, 0.717) is 11.4 Å². The van der Waals surface area contributed by atoms with E-state index in [0.717, 1.165) is 0 Å². The average molecular weight is 252 g/mol. The van der Waals surface area contributed by atoms with Gasteiger partial charge in [-0.2, -0.15) is 0 Å². The molecule has 1 rings (SSSR count).